The summed E-state index contributed by atoms with van der Waals surface area (Å²) < 4.78 is 13.4. The Kier molecular flexibility index (Phi) is 7.77. The van der Waals surface area contributed by atoms with Gasteiger partial charge in [0.15, 0.2) is 0 Å². The van der Waals surface area contributed by atoms with Gasteiger partial charge in [0.05, 0.1) is 6.42 Å². The SMILES string of the molecule is CNC(=O)[C@@H](Cc1ccccc1)N(Cc1ccc(F)cc1)C(=O)Cc1cc(C)ccc1C. The van der Waals surface area contributed by atoms with Crippen molar-refractivity contribution >= 4 is 11.8 Å². The zero-order valence-electron chi connectivity index (χ0n) is 18.8. The second-order valence-electron chi connectivity index (χ2n) is 8.07. The highest BCUT2D eigenvalue weighted by Crippen LogP contribution is 2.18. The van der Waals surface area contributed by atoms with Crippen LogP contribution in [0.1, 0.15) is 27.8 Å². The number of aryl methyl sites for hydroxylation is 2. The molecule has 3 aromatic rings. The molecule has 0 aliphatic carbocycles. The fourth-order valence-electron chi connectivity index (χ4n) is 3.76. The Hall–Kier alpha value is -3.47. The zero-order chi connectivity index (χ0) is 23.1. The summed E-state index contributed by atoms with van der Waals surface area (Å²) >= 11 is 0. The van der Waals surface area contributed by atoms with Crippen LogP contribution in [-0.2, 0) is 29.0 Å². The van der Waals surface area contributed by atoms with Crippen molar-refractivity contribution in [2.24, 2.45) is 0 Å². The number of hydrogen-bond acceptors (Lipinski definition) is 2. The number of likely N-dealkylation sites (N-methyl/N-ethyl adjacent to an activating group) is 1. The lowest BCUT2D eigenvalue weighted by molar-refractivity contribution is -0.140. The van der Waals surface area contributed by atoms with Crippen molar-refractivity contribution in [2.75, 3.05) is 7.05 Å². The summed E-state index contributed by atoms with van der Waals surface area (Å²) in [5, 5.41) is 2.71. The molecule has 0 spiro atoms. The number of halogens is 1. The standard InChI is InChI=1S/C27H29FN2O2/c1-19-9-10-20(2)23(15-19)17-26(31)30(18-22-11-13-24(28)14-12-22)25(27(32)29-3)16-21-7-5-4-6-8-21/h4-15,25H,16-18H2,1-3H3,(H,29,32)/t25-/m1/s1. The maximum atomic E-state index is 13.6. The topological polar surface area (TPSA) is 49.4 Å². The van der Waals surface area contributed by atoms with Gasteiger partial charge < -0.3 is 10.2 Å². The normalized spacial score (nSPS) is 11.6. The summed E-state index contributed by atoms with van der Waals surface area (Å²) in [6.45, 7) is 4.19. The minimum absolute atomic E-state index is 0.146. The van der Waals surface area contributed by atoms with Crippen LogP contribution in [0.15, 0.2) is 72.8 Å². The van der Waals surface area contributed by atoms with Crippen molar-refractivity contribution in [1.29, 1.82) is 0 Å². The highest BCUT2D eigenvalue weighted by atomic mass is 19.1. The Morgan fingerprint density at radius 3 is 2.28 bits per heavy atom. The lowest BCUT2D eigenvalue weighted by Gasteiger charge is -2.31. The molecule has 4 nitrogen and oxygen atoms in total. The molecule has 3 aromatic carbocycles. The molecule has 2 amide bonds. The van der Waals surface area contributed by atoms with Gasteiger partial charge in [0, 0.05) is 20.0 Å². The van der Waals surface area contributed by atoms with Gasteiger partial charge in [0.25, 0.3) is 0 Å². The Bertz CT molecular complexity index is 1060. The van der Waals surface area contributed by atoms with E-state index in [0.29, 0.717) is 6.42 Å². The Morgan fingerprint density at radius 2 is 1.62 bits per heavy atom. The second kappa shape index (κ2) is 10.7. The molecule has 0 aliphatic rings. The molecule has 0 unspecified atom stereocenters. The van der Waals surface area contributed by atoms with Crippen LogP contribution in [0, 0.1) is 19.7 Å². The van der Waals surface area contributed by atoms with Crippen LogP contribution in [0.5, 0.6) is 0 Å². The van der Waals surface area contributed by atoms with E-state index in [-0.39, 0.29) is 30.6 Å². The summed E-state index contributed by atoms with van der Waals surface area (Å²) in [5.74, 6) is -0.716. The minimum Gasteiger partial charge on any atom is -0.357 e. The molecule has 0 saturated heterocycles. The largest absolute Gasteiger partial charge is 0.357 e. The van der Waals surface area contributed by atoms with Gasteiger partial charge in [-0.3, -0.25) is 9.59 Å². The van der Waals surface area contributed by atoms with Crippen molar-refractivity contribution in [3.63, 3.8) is 0 Å². The van der Waals surface area contributed by atoms with E-state index in [1.165, 1.54) is 12.1 Å². The molecule has 1 atom stereocenters. The van der Waals surface area contributed by atoms with Crippen molar-refractivity contribution in [3.05, 3.63) is 106 Å². The lowest BCUT2D eigenvalue weighted by atomic mass is 9.99. The fourth-order valence-corrected chi connectivity index (χ4v) is 3.76. The lowest BCUT2D eigenvalue weighted by Crippen LogP contribution is -2.50. The highest BCUT2D eigenvalue weighted by molar-refractivity contribution is 5.88. The summed E-state index contributed by atoms with van der Waals surface area (Å²) in [6.07, 6.45) is 0.581. The summed E-state index contributed by atoms with van der Waals surface area (Å²) in [4.78, 5) is 28.1. The molecule has 5 heteroatoms. The third-order valence-corrected chi connectivity index (χ3v) is 5.63. The van der Waals surface area contributed by atoms with E-state index in [9.17, 15) is 14.0 Å². The minimum atomic E-state index is -0.690. The van der Waals surface area contributed by atoms with E-state index in [2.05, 4.69) is 5.32 Å². The Morgan fingerprint density at radius 1 is 0.938 bits per heavy atom. The van der Waals surface area contributed by atoms with Crippen molar-refractivity contribution in [1.82, 2.24) is 10.2 Å². The highest BCUT2D eigenvalue weighted by Gasteiger charge is 2.30. The molecule has 0 radical (unpaired) electrons. The Labute approximate surface area is 189 Å². The molecule has 0 bridgehead atoms. The third kappa shape index (κ3) is 6.03. The summed E-state index contributed by atoms with van der Waals surface area (Å²) in [7, 11) is 1.57. The van der Waals surface area contributed by atoms with E-state index in [1.807, 2.05) is 62.4 Å². The van der Waals surface area contributed by atoms with Gasteiger partial charge in [-0.1, -0.05) is 66.2 Å². The molecule has 1 N–H and O–H groups in total. The van der Waals surface area contributed by atoms with Gasteiger partial charge >= 0.3 is 0 Å². The smallest absolute Gasteiger partial charge is 0.242 e. The van der Waals surface area contributed by atoms with Gasteiger partial charge in [-0.25, -0.2) is 4.39 Å². The molecule has 3 rings (SSSR count). The number of hydrogen-bond donors (Lipinski definition) is 1. The van der Waals surface area contributed by atoms with E-state index < -0.39 is 6.04 Å². The van der Waals surface area contributed by atoms with E-state index in [4.69, 9.17) is 0 Å². The van der Waals surface area contributed by atoms with Crippen LogP contribution in [0.3, 0.4) is 0 Å². The molecule has 0 aromatic heterocycles. The van der Waals surface area contributed by atoms with E-state index in [1.54, 1.807) is 24.1 Å². The molecule has 0 saturated carbocycles. The second-order valence-corrected chi connectivity index (χ2v) is 8.07. The molecular formula is C27H29FN2O2. The predicted molar refractivity (Wildman–Crippen MR) is 125 cm³/mol. The molecule has 0 fully saturated rings. The molecule has 0 heterocycles. The van der Waals surface area contributed by atoms with Crippen LogP contribution in [0.25, 0.3) is 0 Å². The van der Waals surface area contributed by atoms with Crippen molar-refractivity contribution in [3.8, 4) is 0 Å². The first-order chi connectivity index (χ1) is 15.4. The van der Waals surface area contributed by atoms with Crippen molar-refractivity contribution < 1.29 is 14.0 Å². The van der Waals surface area contributed by atoms with Gasteiger partial charge in [0.2, 0.25) is 11.8 Å². The fraction of sp³-hybridized carbons (Fsp3) is 0.259. The molecular weight excluding hydrogens is 403 g/mol. The number of nitrogens with one attached hydrogen (secondary N) is 1. The van der Waals surface area contributed by atoms with Crippen LogP contribution in [0.2, 0.25) is 0 Å². The number of amides is 2. The van der Waals surface area contributed by atoms with Crippen molar-refractivity contribution in [2.45, 2.75) is 39.3 Å². The zero-order valence-corrected chi connectivity index (χ0v) is 18.8. The molecule has 166 valence electrons. The van der Waals surface area contributed by atoms with Gasteiger partial charge in [-0.15, -0.1) is 0 Å². The monoisotopic (exact) mass is 432 g/mol. The van der Waals surface area contributed by atoms with E-state index >= 15 is 0 Å². The first-order valence-electron chi connectivity index (χ1n) is 10.7. The number of carbonyl (C=O) groups excluding carboxylic acids is 2. The first-order valence-corrected chi connectivity index (χ1v) is 10.7. The first kappa shape index (κ1) is 23.2. The average molecular weight is 433 g/mol. The molecule has 0 aliphatic heterocycles. The summed E-state index contributed by atoms with van der Waals surface area (Å²) in [6, 6.07) is 21.0. The van der Waals surface area contributed by atoms with Gasteiger partial charge in [-0.05, 0) is 48.2 Å². The predicted octanol–water partition coefficient (Wildman–Crippen LogP) is 4.37. The average Bonchev–Trinajstić information content (AvgIpc) is 2.80. The quantitative estimate of drug-likeness (QED) is 0.575. The number of benzene rings is 3. The van der Waals surface area contributed by atoms with Crippen LogP contribution in [-0.4, -0.2) is 29.8 Å². The van der Waals surface area contributed by atoms with Crippen LogP contribution >= 0.6 is 0 Å². The number of nitrogens with zero attached hydrogens (tertiary/aromatic N) is 1. The van der Waals surface area contributed by atoms with Gasteiger partial charge in [-0.2, -0.15) is 0 Å². The van der Waals surface area contributed by atoms with Crippen LogP contribution in [0.4, 0.5) is 4.39 Å². The van der Waals surface area contributed by atoms with E-state index in [0.717, 1.165) is 27.8 Å². The van der Waals surface area contributed by atoms with Crippen LogP contribution < -0.4 is 5.32 Å². The Balaban J connectivity index is 1.96. The number of rotatable bonds is 8. The van der Waals surface area contributed by atoms with Gasteiger partial charge in [0.1, 0.15) is 11.9 Å². The maximum absolute atomic E-state index is 13.6. The number of carbonyl (C=O) groups is 2. The molecule has 32 heavy (non-hydrogen) atoms. The maximum Gasteiger partial charge on any atom is 0.242 e. The third-order valence-electron chi connectivity index (χ3n) is 5.63. The summed E-state index contributed by atoms with van der Waals surface area (Å²) in [5.41, 5.74) is 4.78.